The second kappa shape index (κ2) is 5.22. The number of hydrazone groups is 1. The predicted octanol–water partition coefficient (Wildman–Crippen LogP) is 0.859. The van der Waals surface area contributed by atoms with Gasteiger partial charge in [0.15, 0.2) is 11.2 Å². The summed E-state index contributed by atoms with van der Waals surface area (Å²) in [7, 11) is 1.63. The maximum absolute atomic E-state index is 12.8. The van der Waals surface area contributed by atoms with Gasteiger partial charge in [0.1, 0.15) is 0 Å². The van der Waals surface area contributed by atoms with Gasteiger partial charge in [-0.25, -0.2) is 9.80 Å². The highest BCUT2D eigenvalue weighted by Crippen LogP contribution is 2.29. The van der Waals surface area contributed by atoms with E-state index in [0.717, 1.165) is 5.71 Å². The fourth-order valence-electron chi connectivity index (χ4n) is 2.91. The Bertz CT molecular complexity index is 945. The molecule has 0 saturated heterocycles. The lowest BCUT2D eigenvalue weighted by molar-refractivity contribution is 0.623. The van der Waals surface area contributed by atoms with Crippen LogP contribution in [0.1, 0.15) is 26.8 Å². The van der Waals surface area contributed by atoms with Gasteiger partial charge in [0, 0.05) is 13.6 Å². The molecule has 8 heteroatoms. The quantitative estimate of drug-likeness (QED) is 0.787. The van der Waals surface area contributed by atoms with Crippen LogP contribution in [0.15, 0.2) is 27.3 Å². The van der Waals surface area contributed by atoms with Crippen LogP contribution in [0.25, 0.3) is 11.2 Å². The first-order valence-electron chi connectivity index (χ1n) is 7.57. The predicted molar refractivity (Wildman–Crippen MR) is 90.3 cm³/mol. The van der Waals surface area contributed by atoms with Crippen LogP contribution in [0.2, 0.25) is 0 Å². The molecule has 1 atom stereocenters. The molecule has 0 unspecified atom stereocenters. The third-order valence-corrected chi connectivity index (χ3v) is 4.28. The van der Waals surface area contributed by atoms with Crippen LogP contribution < -0.4 is 16.3 Å². The molecule has 1 aliphatic rings. The van der Waals surface area contributed by atoms with E-state index in [-0.39, 0.29) is 17.3 Å². The zero-order valence-electron chi connectivity index (χ0n) is 13.8. The number of nitrogens with zero attached hydrogens (tertiary/aromatic N) is 6. The molecule has 0 aromatic carbocycles. The fourth-order valence-corrected chi connectivity index (χ4v) is 2.91. The summed E-state index contributed by atoms with van der Waals surface area (Å²) in [6, 6.07) is -0.105. The van der Waals surface area contributed by atoms with E-state index in [4.69, 9.17) is 0 Å². The zero-order valence-corrected chi connectivity index (χ0v) is 13.8. The molecule has 0 N–H and O–H groups in total. The molecule has 2 aromatic rings. The number of imidazole rings is 1. The maximum Gasteiger partial charge on any atom is 0.332 e. The first-order chi connectivity index (χ1) is 10.9. The van der Waals surface area contributed by atoms with Crippen LogP contribution >= 0.6 is 0 Å². The van der Waals surface area contributed by atoms with Crippen molar-refractivity contribution >= 4 is 22.8 Å². The second-order valence-electron chi connectivity index (χ2n) is 5.63. The van der Waals surface area contributed by atoms with Crippen molar-refractivity contribution in [2.24, 2.45) is 12.1 Å². The van der Waals surface area contributed by atoms with Gasteiger partial charge in [-0.3, -0.25) is 18.5 Å². The van der Waals surface area contributed by atoms with Gasteiger partial charge in [0.05, 0.1) is 18.3 Å². The molecule has 0 amide bonds. The number of anilines is 1. The topological polar surface area (TPSA) is 77.4 Å². The Kier molecular flexibility index (Phi) is 3.46. The van der Waals surface area contributed by atoms with Crippen LogP contribution in [0, 0.1) is 0 Å². The number of rotatable bonds is 3. The second-order valence-corrected chi connectivity index (χ2v) is 5.63. The highest BCUT2D eigenvalue weighted by Gasteiger charge is 2.29. The number of aromatic nitrogens is 4. The van der Waals surface area contributed by atoms with Gasteiger partial charge in [-0.15, -0.1) is 6.58 Å². The van der Waals surface area contributed by atoms with Crippen LogP contribution in [0.4, 0.5) is 5.95 Å². The van der Waals surface area contributed by atoms with Crippen molar-refractivity contribution in [3.63, 3.8) is 0 Å². The van der Waals surface area contributed by atoms with Crippen molar-refractivity contribution in [3.8, 4) is 0 Å². The van der Waals surface area contributed by atoms with E-state index >= 15 is 0 Å². The van der Waals surface area contributed by atoms with E-state index in [1.807, 2.05) is 18.4 Å². The molecule has 23 heavy (non-hydrogen) atoms. The van der Waals surface area contributed by atoms with Crippen molar-refractivity contribution in [2.45, 2.75) is 33.4 Å². The Hall–Kier alpha value is -2.64. The molecule has 0 aliphatic carbocycles. The highest BCUT2D eigenvalue weighted by atomic mass is 16.2. The molecule has 0 saturated carbocycles. The third kappa shape index (κ3) is 1.97. The van der Waals surface area contributed by atoms with Gasteiger partial charge in [0.25, 0.3) is 5.56 Å². The highest BCUT2D eigenvalue weighted by molar-refractivity contribution is 5.91. The molecule has 0 radical (unpaired) electrons. The Morgan fingerprint density at radius 2 is 2.04 bits per heavy atom. The summed E-state index contributed by atoms with van der Waals surface area (Å²) in [6.07, 6.45) is 1.72. The van der Waals surface area contributed by atoms with E-state index < -0.39 is 0 Å². The first-order valence-corrected chi connectivity index (χ1v) is 7.57. The van der Waals surface area contributed by atoms with Gasteiger partial charge in [-0.2, -0.15) is 10.1 Å². The Balaban J connectivity index is 2.47. The van der Waals surface area contributed by atoms with E-state index in [0.29, 0.717) is 30.2 Å². The molecule has 1 aliphatic heterocycles. The minimum absolute atomic E-state index is 0.105. The fraction of sp³-hybridized carbons (Fsp3) is 0.467. The standard InChI is InChI=1S/C15H20N6O2/c1-6-8-20-14-16-12-11(21(14)10(4)9(3)17-20)13(22)19(7-2)15(23)18(12)5/h6,10H,1,7-8H2,2-5H3/t10-/m0/s1. The number of aryl methyl sites for hydroxylation is 1. The summed E-state index contributed by atoms with van der Waals surface area (Å²) in [6.45, 7) is 10.2. The van der Waals surface area contributed by atoms with Crippen molar-refractivity contribution < 1.29 is 0 Å². The van der Waals surface area contributed by atoms with Crippen LogP contribution in [-0.2, 0) is 13.6 Å². The van der Waals surface area contributed by atoms with Crippen LogP contribution in [0.3, 0.4) is 0 Å². The monoisotopic (exact) mass is 316 g/mol. The number of hydrogen-bond acceptors (Lipinski definition) is 5. The minimum Gasteiger partial charge on any atom is -0.294 e. The number of hydrogen-bond donors (Lipinski definition) is 0. The molecule has 0 bridgehead atoms. The lowest BCUT2D eigenvalue weighted by Gasteiger charge is -2.28. The lowest BCUT2D eigenvalue weighted by Crippen LogP contribution is -2.40. The molecular formula is C15H20N6O2. The van der Waals surface area contributed by atoms with E-state index in [9.17, 15) is 9.59 Å². The Morgan fingerprint density at radius 3 is 2.65 bits per heavy atom. The van der Waals surface area contributed by atoms with E-state index in [2.05, 4.69) is 16.7 Å². The average molecular weight is 316 g/mol. The van der Waals surface area contributed by atoms with Crippen molar-refractivity contribution in [1.82, 2.24) is 18.7 Å². The molecule has 3 heterocycles. The summed E-state index contributed by atoms with van der Waals surface area (Å²) in [4.78, 5) is 29.6. The normalized spacial score (nSPS) is 17.3. The summed E-state index contributed by atoms with van der Waals surface area (Å²) in [5.74, 6) is 0.555. The van der Waals surface area contributed by atoms with Crippen molar-refractivity contribution in [1.29, 1.82) is 0 Å². The smallest absolute Gasteiger partial charge is 0.294 e. The molecule has 3 rings (SSSR count). The minimum atomic E-state index is -0.360. The molecule has 8 nitrogen and oxygen atoms in total. The van der Waals surface area contributed by atoms with Gasteiger partial charge >= 0.3 is 5.69 Å². The molecule has 0 spiro atoms. The van der Waals surface area contributed by atoms with Crippen LogP contribution in [-0.4, -0.2) is 30.9 Å². The van der Waals surface area contributed by atoms with Gasteiger partial charge in [-0.1, -0.05) is 6.08 Å². The van der Waals surface area contributed by atoms with Crippen LogP contribution in [0.5, 0.6) is 0 Å². The largest absolute Gasteiger partial charge is 0.332 e. The van der Waals surface area contributed by atoms with Gasteiger partial charge < -0.3 is 0 Å². The SMILES string of the molecule is C=CCN1N=C(C)[C@H](C)n2c1nc1c2c(=O)n(CC)c(=O)n1C. The van der Waals surface area contributed by atoms with E-state index in [1.165, 1.54) is 9.13 Å². The van der Waals surface area contributed by atoms with Gasteiger partial charge in [0.2, 0.25) is 5.95 Å². The summed E-state index contributed by atoms with van der Waals surface area (Å²) >= 11 is 0. The van der Waals surface area contributed by atoms with Crippen molar-refractivity contribution in [3.05, 3.63) is 33.5 Å². The van der Waals surface area contributed by atoms with Gasteiger partial charge in [-0.05, 0) is 20.8 Å². The van der Waals surface area contributed by atoms with E-state index in [1.54, 1.807) is 25.1 Å². The molecular weight excluding hydrogens is 296 g/mol. The first kappa shape index (κ1) is 15.3. The maximum atomic E-state index is 12.8. The Morgan fingerprint density at radius 1 is 1.35 bits per heavy atom. The average Bonchev–Trinajstić information content (AvgIpc) is 2.92. The zero-order chi connectivity index (χ0) is 16.9. The van der Waals surface area contributed by atoms with Crippen molar-refractivity contribution in [2.75, 3.05) is 11.6 Å². The molecule has 122 valence electrons. The third-order valence-electron chi connectivity index (χ3n) is 4.28. The summed E-state index contributed by atoms with van der Waals surface area (Å²) in [5, 5.41) is 6.21. The lowest BCUT2D eigenvalue weighted by atomic mass is 10.2. The molecule has 0 fully saturated rings. The molecule has 2 aromatic heterocycles. The summed E-state index contributed by atoms with van der Waals surface area (Å²) in [5.41, 5.74) is 1.01. The number of fused-ring (bicyclic) bond motifs is 3. The summed E-state index contributed by atoms with van der Waals surface area (Å²) < 4.78 is 4.50. The Labute approximate surface area is 133 Å².